The lowest BCUT2D eigenvalue weighted by Crippen LogP contribution is -2.46. The Morgan fingerprint density at radius 2 is 1.64 bits per heavy atom. The van der Waals surface area contributed by atoms with Crippen LogP contribution in [0.1, 0.15) is 23.1 Å². The van der Waals surface area contributed by atoms with E-state index in [0.717, 1.165) is 31.9 Å². The predicted octanol–water partition coefficient (Wildman–Crippen LogP) is 4.07. The van der Waals surface area contributed by atoms with Crippen molar-refractivity contribution in [2.24, 2.45) is 0 Å². The SMILES string of the molecule is COc1ccc(N2CCN(CCCc3cc(C)ccc3C)CC2)cc1. The molecule has 0 aliphatic carbocycles. The van der Waals surface area contributed by atoms with Crippen molar-refractivity contribution in [2.45, 2.75) is 26.7 Å². The van der Waals surface area contributed by atoms with Crippen LogP contribution >= 0.6 is 0 Å². The summed E-state index contributed by atoms with van der Waals surface area (Å²) >= 11 is 0. The molecule has 3 heteroatoms. The van der Waals surface area contributed by atoms with Crippen molar-refractivity contribution in [1.82, 2.24) is 4.90 Å². The fraction of sp³-hybridized carbons (Fsp3) is 0.455. The van der Waals surface area contributed by atoms with Crippen LogP contribution in [0.15, 0.2) is 42.5 Å². The van der Waals surface area contributed by atoms with Gasteiger partial charge in [0, 0.05) is 31.9 Å². The summed E-state index contributed by atoms with van der Waals surface area (Å²) in [4.78, 5) is 5.08. The molecule has 0 spiro atoms. The Labute approximate surface area is 152 Å². The van der Waals surface area contributed by atoms with Gasteiger partial charge in [-0.1, -0.05) is 23.8 Å². The van der Waals surface area contributed by atoms with Gasteiger partial charge >= 0.3 is 0 Å². The first-order chi connectivity index (χ1) is 12.2. The van der Waals surface area contributed by atoms with E-state index in [9.17, 15) is 0 Å². The maximum Gasteiger partial charge on any atom is 0.119 e. The molecule has 0 unspecified atom stereocenters. The van der Waals surface area contributed by atoms with Gasteiger partial charge in [0.1, 0.15) is 5.75 Å². The minimum absolute atomic E-state index is 0.925. The number of hydrogen-bond acceptors (Lipinski definition) is 3. The Kier molecular flexibility index (Phi) is 5.98. The molecule has 3 rings (SSSR count). The molecule has 1 fully saturated rings. The molecule has 2 aromatic rings. The summed E-state index contributed by atoms with van der Waals surface area (Å²) in [5.74, 6) is 0.925. The van der Waals surface area contributed by atoms with Gasteiger partial charge in [-0.25, -0.2) is 0 Å². The molecule has 0 radical (unpaired) electrons. The van der Waals surface area contributed by atoms with Crippen molar-refractivity contribution < 1.29 is 4.74 Å². The summed E-state index contributed by atoms with van der Waals surface area (Å²) < 4.78 is 5.24. The molecule has 2 aromatic carbocycles. The largest absolute Gasteiger partial charge is 0.497 e. The summed E-state index contributed by atoms with van der Waals surface area (Å²) in [6.45, 7) is 10.1. The molecule has 1 aliphatic rings. The fourth-order valence-electron chi connectivity index (χ4n) is 3.59. The van der Waals surface area contributed by atoms with Crippen LogP contribution in [-0.4, -0.2) is 44.7 Å². The van der Waals surface area contributed by atoms with Crippen molar-refractivity contribution in [3.8, 4) is 5.75 Å². The number of methoxy groups -OCH3 is 1. The van der Waals surface area contributed by atoms with E-state index < -0.39 is 0 Å². The predicted molar refractivity (Wildman–Crippen MR) is 106 cm³/mol. The summed E-state index contributed by atoms with van der Waals surface area (Å²) in [5.41, 5.74) is 5.61. The first-order valence-corrected chi connectivity index (χ1v) is 9.33. The summed E-state index contributed by atoms with van der Waals surface area (Å²) in [7, 11) is 1.71. The average molecular weight is 338 g/mol. The summed E-state index contributed by atoms with van der Waals surface area (Å²) in [6.07, 6.45) is 2.43. The smallest absolute Gasteiger partial charge is 0.119 e. The normalized spacial score (nSPS) is 15.4. The highest BCUT2D eigenvalue weighted by atomic mass is 16.5. The molecule has 1 saturated heterocycles. The third-order valence-corrected chi connectivity index (χ3v) is 5.23. The molecule has 0 atom stereocenters. The van der Waals surface area contributed by atoms with Crippen LogP contribution < -0.4 is 9.64 Å². The first-order valence-electron chi connectivity index (χ1n) is 9.33. The highest BCUT2D eigenvalue weighted by molar-refractivity contribution is 5.49. The van der Waals surface area contributed by atoms with Gasteiger partial charge in [0.2, 0.25) is 0 Å². The van der Waals surface area contributed by atoms with E-state index in [1.807, 2.05) is 12.1 Å². The Balaban J connectivity index is 1.44. The number of rotatable bonds is 6. The zero-order valence-corrected chi connectivity index (χ0v) is 15.8. The lowest BCUT2D eigenvalue weighted by atomic mass is 10.0. The fourth-order valence-corrected chi connectivity index (χ4v) is 3.59. The van der Waals surface area contributed by atoms with Gasteiger partial charge in [0.15, 0.2) is 0 Å². The van der Waals surface area contributed by atoms with Crippen LogP contribution in [0, 0.1) is 13.8 Å². The van der Waals surface area contributed by atoms with Crippen LogP contribution in [0.5, 0.6) is 5.75 Å². The number of piperazine rings is 1. The van der Waals surface area contributed by atoms with Crippen LogP contribution in [-0.2, 0) is 6.42 Å². The van der Waals surface area contributed by atoms with Gasteiger partial charge in [-0.15, -0.1) is 0 Å². The number of benzene rings is 2. The van der Waals surface area contributed by atoms with E-state index >= 15 is 0 Å². The van der Waals surface area contributed by atoms with Crippen LogP contribution in [0.3, 0.4) is 0 Å². The van der Waals surface area contributed by atoms with E-state index in [2.05, 4.69) is 54.0 Å². The monoisotopic (exact) mass is 338 g/mol. The van der Waals surface area contributed by atoms with Gasteiger partial charge in [-0.05, 0) is 68.6 Å². The van der Waals surface area contributed by atoms with Crippen LogP contribution in [0.4, 0.5) is 5.69 Å². The second kappa shape index (κ2) is 8.39. The van der Waals surface area contributed by atoms with Crippen LogP contribution in [0.2, 0.25) is 0 Å². The van der Waals surface area contributed by atoms with Gasteiger partial charge in [0.05, 0.1) is 7.11 Å². The second-order valence-electron chi connectivity index (χ2n) is 7.06. The first kappa shape index (κ1) is 17.8. The van der Waals surface area contributed by atoms with E-state index in [4.69, 9.17) is 4.74 Å². The molecule has 0 saturated carbocycles. The third kappa shape index (κ3) is 4.76. The molecule has 134 valence electrons. The minimum Gasteiger partial charge on any atom is -0.497 e. The third-order valence-electron chi connectivity index (χ3n) is 5.23. The highest BCUT2D eigenvalue weighted by Gasteiger charge is 2.16. The molecule has 1 heterocycles. The molecule has 0 N–H and O–H groups in total. The highest BCUT2D eigenvalue weighted by Crippen LogP contribution is 2.20. The number of ether oxygens (including phenoxy) is 1. The molecule has 0 bridgehead atoms. The van der Waals surface area contributed by atoms with E-state index in [0.29, 0.717) is 0 Å². The van der Waals surface area contributed by atoms with Crippen molar-refractivity contribution in [3.63, 3.8) is 0 Å². The summed E-state index contributed by atoms with van der Waals surface area (Å²) in [5, 5.41) is 0. The standard InChI is InChI=1S/C22H30N2O/c1-18-6-7-19(2)20(17-18)5-4-12-23-13-15-24(16-14-23)21-8-10-22(25-3)11-9-21/h6-11,17H,4-5,12-16H2,1-3H3. The Morgan fingerprint density at radius 1 is 0.920 bits per heavy atom. The minimum atomic E-state index is 0.925. The zero-order valence-electron chi connectivity index (χ0n) is 15.8. The Morgan fingerprint density at radius 3 is 2.32 bits per heavy atom. The number of aryl methyl sites for hydroxylation is 3. The van der Waals surface area contributed by atoms with Gasteiger partial charge in [-0.2, -0.15) is 0 Å². The van der Waals surface area contributed by atoms with Crippen LogP contribution in [0.25, 0.3) is 0 Å². The average Bonchev–Trinajstić information content (AvgIpc) is 2.65. The lowest BCUT2D eigenvalue weighted by Gasteiger charge is -2.36. The Hall–Kier alpha value is -2.00. The molecular formula is C22H30N2O. The van der Waals surface area contributed by atoms with Crippen molar-refractivity contribution in [3.05, 3.63) is 59.2 Å². The topological polar surface area (TPSA) is 15.7 Å². The van der Waals surface area contributed by atoms with E-state index in [1.54, 1.807) is 7.11 Å². The van der Waals surface area contributed by atoms with Crippen molar-refractivity contribution >= 4 is 5.69 Å². The molecular weight excluding hydrogens is 308 g/mol. The van der Waals surface area contributed by atoms with Crippen molar-refractivity contribution in [2.75, 3.05) is 44.7 Å². The molecule has 25 heavy (non-hydrogen) atoms. The zero-order chi connectivity index (χ0) is 17.6. The lowest BCUT2D eigenvalue weighted by molar-refractivity contribution is 0.255. The molecule has 0 amide bonds. The van der Waals surface area contributed by atoms with Gasteiger partial charge < -0.3 is 9.64 Å². The van der Waals surface area contributed by atoms with E-state index in [1.165, 1.54) is 41.8 Å². The summed E-state index contributed by atoms with van der Waals surface area (Å²) in [6, 6.07) is 15.2. The Bertz CT molecular complexity index is 673. The maximum atomic E-state index is 5.24. The van der Waals surface area contributed by atoms with Gasteiger partial charge in [-0.3, -0.25) is 4.90 Å². The van der Waals surface area contributed by atoms with E-state index in [-0.39, 0.29) is 0 Å². The number of nitrogens with zero attached hydrogens (tertiary/aromatic N) is 2. The number of anilines is 1. The maximum absolute atomic E-state index is 5.24. The quantitative estimate of drug-likeness (QED) is 0.790. The second-order valence-corrected chi connectivity index (χ2v) is 7.06. The molecule has 1 aliphatic heterocycles. The molecule has 0 aromatic heterocycles. The van der Waals surface area contributed by atoms with Crippen molar-refractivity contribution in [1.29, 1.82) is 0 Å². The number of hydrogen-bond donors (Lipinski definition) is 0. The molecule has 3 nitrogen and oxygen atoms in total. The van der Waals surface area contributed by atoms with Gasteiger partial charge in [0.25, 0.3) is 0 Å².